The van der Waals surface area contributed by atoms with Crippen LogP contribution in [0.1, 0.15) is 36.5 Å². The molecule has 0 bridgehead atoms. The van der Waals surface area contributed by atoms with E-state index >= 15 is 0 Å². The molecule has 156 valence electrons. The van der Waals surface area contributed by atoms with Gasteiger partial charge in [0.2, 0.25) is 5.91 Å². The number of carbonyl (C=O) groups is 3. The highest BCUT2D eigenvalue weighted by Crippen LogP contribution is 2.34. The summed E-state index contributed by atoms with van der Waals surface area (Å²) in [6.07, 6.45) is 1.47. The Morgan fingerprint density at radius 2 is 1.90 bits per heavy atom. The van der Waals surface area contributed by atoms with Gasteiger partial charge >= 0.3 is 0 Å². The second kappa shape index (κ2) is 8.57. The second-order valence-electron chi connectivity index (χ2n) is 7.48. The van der Waals surface area contributed by atoms with Crippen LogP contribution in [-0.2, 0) is 9.59 Å². The molecule has 1 atom stereocenters. The monoisotopic (exact) mass is 407 g/mol. The van der Waals surface area contributed by atoms with Crippen molar-refractivity contribution < 1.29 is 19.1 Å². The van der Waals surface area contributed by atoms with Crippen LogP contribution in [0.25, 0.3) is 0 Å². The summed E-state index contributed by atoms with van der Waals surface area (Å²) >= 11 is 0. The Bertz CT molecular complexity index is 957. The number of nitrogens with zero attached hydrogens (tertiary/aromatic N) is 2. The Morgan fingerprint density at radius 1 is 1.13 bits per heavy atom. The van der Waals surface area contributed by atoms with Crippen molar-refractivity contribution in [2.75, 3.05) is 29.4 Å². The Morgan fingerprint density at radius 3 is 2.60 bits per heavy atom. The van der Waals surface area contributed by atoms with Gasteiger partial charge in [-0.25, -0.2) is 0 Å². The fourth-order valence-corrected chi connectivity index (χ4v) is 3.79. The van der Waals surface area contributed by atoms with Crippen LogP contribution in [0.5, 0.6) is 5.75 Å². The number of carbonyl (C=O) groups excluding carboxylic acids is 3. The van der Waals surface area contributed by atoms with E-state index < -0.39 is 6.10 Å². The van der Waals surface area contributed by atoms with E-state index in [9.17, 15) is 14.4 Å². The molecule has 7 nitrogen and oxygen atoms in total. The first-order valence-electron chi connectivity index (χ1n) is 10.3. The van der Waals surface area contributed by atoms with E-state index in [0.717, 1.165) is 18.5 Å². The van der Waals surface area contributed by atoms with E-state index in [-0.39, 0.29) is 24.3 Å². The second-order valence-corrected chi connectivity index (χ2v) is 7.48. The van der Waals surface area contributed by atoms with Crippen LogP contribution >= 0.6 is 0 Å². The maximum atomic E-state index is 13.3. The molecule has 1 saturated heterocycles. The normalized spacial score (nSPS) is 18.0. The van der Waals surface area contributed by atoms with E-state index in [4.69, 9.17) is 4.74 Å². The van der Waals surface area contributed by atoms with Gasteiger partial charge in [0.1, 0.15) is 5.75 Å². The van der Waals surface area contributed by atoms with Gasteiger partial charge in [-0.3, -0.25) is 14.4 Å². The lowest BCUT2D eigenvalue weighted by Gasteiger charge is -2.34. The first-order chi connectivity index (χ1) is 14.6. The van der Waals surface area contributed by atoms with Crippen LogP contribution in [0.4, 0.5) is 11.4 Å². The lowest BCUT2D eigenvalue weighted by molar-refractivity contribution is -0.127. The molecule has 0 aliphatic carbocycles. The van der Waals surface area contributed by atoms with E-state index in [0.29, 0.717) is 36.5 Å². The summed E-state index contributed by atoms with van der Waals surface area (Å²) in [6.45, 7) is 3.38. The van der Waals surface area contributed by atoms with Gasteiger partial charge in [-0.1, -0.05) is 19.1 Å². The minimum Gasteiger partial charge on any atom is -0.477 e. The molecule has 4 rings (SSSR count). The lowest BCUT2D eigenvalue weighted by Crippen LogP contribution is -2.50. The van der Waals surface area contributed by atoms with Gasteiger partial charge in [-0.15, -0.1) is 0 Å². The zero-order chi connectivity index (χ0) is 21.1. The summed E-state index contributed by atoms with van der Waals surface area (Å²) in [5.41, 5.74) is 1.93. The van der Waals surface area contributed by atoms with Gasteiger partial charge in [0, 0.05) is 30.8 Å². The molecular weight excluding hydrogens is 382 g/mol. The summed E-state index contributed by atoms with van der Waals surface area (Å²) in [4.78, 5) is 41.1. The largest absolute Gasteiger partial charge is 0.477 e. The molecule has 2 aromatic rings. The van der Waals surface area contributed by atoms with Crippen LogP contribution < -0.4 is 19.9 Å². The number of amides is 3. The van der Waals surface area contributed by atoms with Crippen molar-refractivity contribution in [2.45, 2.75) is 32.3 Å². The van der Waals surface area contributed by atoms with Gasteiger partial charge in [0.15, 0.2) is 6.10 Å². The Labute approximate surface area is 175 Å². The molecule has 0 spiro atoms. The molecule has 2 aromatic carbocycles. The van der Waals surface area contributed by atoms with Crippen molar-refractivity contribution in [1.29, 1.82) is 0 Å². The number of rotatable bonds is 5. The lowest BCUT2D eigenvalue weighted by atomic mass is 10.1. The summed E-state index contributed by atoms with van der Waals surface area (Å²) < 4.78 is 5.86. The Hall–Kier alpha value is -3.35. The average molecular weight is 407 g/mol. The van der Waals surface area contributed by atoms with Crippen LogP contribution in [0.2, 0.25) is 0 Å². The summed E-state index contributed by atoms with van der Waals surface area (Å²) in [5.74, 6) is 0.176. The molecule has 2 heterocycles. The molecule has 0 aromatic heterocycles. The van der Waals surface area contributed by atoms with E-state index in [1.165, 1.54) is 0 Å². The van der Waals surface area contributed by atoms with E-state index in [1.807, 2.05) is 25.1 Å². The minimum atomic E-state index is -0.767. The molecular formula is C23H25N3O4. The van der Waals surface area contributed by atoms with Gasteiger partial charge < -0.3 is 19.9 Å². The van der Waals surface area contributed by atoms with Crippen molar-refractivity contribution in [1.82, 2.24) is 5.32 Å². The first kappa shape index (κ1) is 19.9. The van der Waals surface area contributed by atoms with E-state index in [1.54, 1.807) is 40.1 Å². The highest BCUT2D eigenvalue weighted by Gasteiger charge is 2.34. The molecule has 2 aliphatic rings. The Balaban J connectivity index is 1.57. The SMILES string of the molecule is CCCNC(=O)[C@@H]1CN(C(=O)c2ccc(N3CCCC3=O)cc2)c2ccccc2O1. The summed E-state index contributed by atoms with van der Waals surface area (Å²) in [6, 6.07) is 14.3. The maximum Gasteiger partial charge on any atom is 0.262 e. The predicted molar refractivity (Wildman–Crippen MR) is 114 cm³/mol. The van der Waals surface area contributed by atoms with Gasteiger partial charge in [0.05, 0.1) is 12.2 Å². The number of hydrogen-bond acceptors (Lipinski definition) is 4. The van der Waals surface area contributed by atoms with Crippen molar-refractivity contribution in [3.8, 4) is 5.75 Å². The molecule has 0 unspecified atom stereocenters. The smallest absolute Gasteiger partial charge is 0.262 e. The van der Waals surface area contributed by atoms with Crippen molar-refractivity contribution in [2.24, 2.45) is 0 Å². The van der Waals surface area contributed by atoms with Crippen LogP contribution in [0.3, 0.4) is 0 Å². The fourth-order valence-electron chi connectivity index (χ4n) is 3.79. The first-order valence-corrected chi connectivity index (χ1v) is 10.3. The summed E-state index contributed by atoms with van der Waals surface area (Å²) in [7, 11) is 0. The molecule has 1 fully saturated rings. The zero-order valence-electron chi connectivity index (χ0n) is 17.0. The highest BCUT2D eigenvalue weighted by atomic mass is 16.5. The van der Waals surface area contributed by atoms with Crippen LogP contribution in [-0.4, -0.2) is 43.5 Å². The number of fused-ring (bicyclic) bond motifs is 1. The highest BCUT2D eigenvalue weighted by molar-refractivity contribution is 6.08. The number of hydrogen-bond donors (Lipinski definition) is 1. The fraction of sp³-hybridized carbons (Fsp3) is 0.348. The third-order valence-corrected chi connectivity index (χ3v) is 5.36. The standard InChI is InChI=1S/C23H25N3O4/c1-2-13-24-22(28)20-15-26(18-6-3-4-7-19(18)30-20)23(29)16-9-11-17(12-10-16)25-14-5-8-21(25)27/h3-4,6-7,9-12,20H,2,5,8,13-15H2,1H3,(H,24,28)/t20-/m0/s1. The average Bonchev–Trinajstić information content (AvgIpc) is 3.22. The predicted octanol–water partition coefficient (Wildman–Crippen LogP) is 2.75. The van der Waals surface area contributed by atoms with Gasteiger partial charge in [0.25, 0.3) is 11.8 Å². The van der Waals surface area contributed by atoms with E-state index in [2.05, 4.69) is 5.32 Å². The molecule has 0 saturated carbocycles. The number of para-hydroxylation sites is 2. The van der Waals surface area contributed by atoms with Crippen LogP contribution in [0.15, 0.2) is 48.5 Å². The number of anilines is 2. The molecule has 1 N–H and O–H groups in total. The number of nitrogens with one attached hydrogen (secondary N) is 1. The number of benzene rings is 2. The van der Waals surface area contributed by atoms with Crippen LogP contribution in [0, 0.1) is 0 Å². The zero-order valence-corrected chi connectivity index (χ0v) is 17.0. The van der Waals surface area contributed by atoms with Crippen molar-refractivity contribution >= 4 is 29.1 Å². The van der Waals surface area contributed by atoms with Gasteiger partial charge in [-0.05, 0) is 49.2 Å². The molecule has 7 heteroatoms. The third-order valence-electron chi connectivity index (χ3n) is 5.36. The summed E-state index contributed by atoms with van der Waals surface area (Å²) in [5, 5.41) is 2.84. The molecule has 3 amide bonds. The molecule has 2 aliphatic heterocycles. The molecule has 30 heavy (non-hydrogen) atoms. The Kier molecular flexibility index (Phi) is 5.70. The quantitative estimate of drug-likeness (QED) is 0.827. The topological polar surface area (TPSA) is 79.0 Å². The number of ether oxygens (including phenoxy) is 1. The maximum absolute atomic E-state index is 13.3. The van der Waals surface area contributed by atoms with Crippen molar-refractivity contribution in [3.05, 3.63) is 54.1 Å². The van der Waals surface area contributed by atoms with Crippen molar-refractivity contribution in [3.63, 3.8) is 0 Å². The molecule has 0 radical (unpaired) electrons. The minimum absolute atomic E-state index is 0.108. The third kappa shape index (κ3) is 3.87. The van der Waals surface area contributed by atoms with Gasteiger partial charge in [-0.2, -0.15) is 0 Å².